The van der Waals surface area contributed by atoms with Crippen molar-refractivity contribution in [2.24, 2.45) is 0 Å². The van der Waals surface area contributed by atoms with Crippen molar-refractivity contribution in [3.63, 3.8) is 0 Å². The fourth-order valence-electron chi connectivity index (χ4n) is 3.40. The second kappa shape index (κ2) is 7.29. The standard InChI is InChI=1S/C19H21F3N6O2/c1-9-15-16(28(3)10(2)17(29)26-15)27-18(24-9)25-12-5-13(6-12)30-14-4-11(7-23-8-14)19(20,21)22/h4,7-8,10,12-13H,5-6H2,1-3H3,(H,26,29)(H,24,25,27)/t10-,12-,13-/m0/s1. The first-order valence-electron chi connectivity index (χ1n) is 9.49. The minimum absolute atomic E-state index is 0.0344. The van der Waals surface area contributed by atoms with Crippen LogP contribution in [0, 0.1) is 6.92 Å². The van der Waals surface area contributed by atoms with Gasteiger partial charge in [-0.05, 0) is 19.9 Å². The van der Waals surface area contributed by atoms with Crippen molar-refractivity contribution in [3.8, 4) is 5.75 Å². The zero-order valence-corrected chi connectivity index (χ0v) is 16.6. The normalized spacial score (nSPS) is 23.3. The van der Waals surface area contributed by atoms with Crippen LogP contribution in [0.25, 0.3) is 0 Å². The summed E-state index contributed by atoms with van der Waals surface area (Å²) in [6.07, 6.45) is -1.43. The van der Waals surface area contributed by atoms with Gasteiger partial charge in [-0.2, -0.15) is 18.2 Å². The number of ether oxygens (including phenoxy) is 1. The van der Waals surface area contributed by atoms with E-state index in [-0.39, 0.29) is 29.8 Å². The van der Waals surface area contributed by atoms with Gasteiger partial charge >= 0.3 is 6.18 Å². The summed E-state index contributed by atoms with van der Waals surface area (Å²) in [5.74, 6) is 1.06. The average Bonchev–Trinajstić information content (AvgIpc) is 2.65. The van der Waals surface area contributed by atoms with Crippen LogP contribution in [-0.2, 0) is 11.0 Å². The molecule has 1 fully saturated rings. The van der Waals surface area contributed by atoms with Crippen LogP contribution in [0.2, 0.25) is 0 Å². The number of rotatable bonds is 4. The monoisotopic (exact) mass is 422 g/mol. The van der Waals surface area contributed by atoms with Crippen LogP contribution in [0.4, 0.5) is 30.6 Å². The summed E-state index contributed by atoms with van der Waals surface area (Å²) in [5.41, 5.74) is 0.409. The molecular weight excluding hydrogens is 401 g/mol. The number of alkyl halides is 3. The van der Waals surface area contributed by atoms with Crippen molar-refractivity contribution in [3.05, 3.63) is 29.7 Å². The van der Waals surface area contributed by atoms with Gasteiger partial charge in [0, 0.05) is 32.1 Å². The number of halogens is 3. The lowest BCUT2D eigenvalue weighted by molar-refractivity contribution is -0.138. The lowest BCUT2D eigenvalue weighted by atomic mass is 9.89. The Labute approximate surface area is 170 Å². The molecule has 1 aliphatic heterocycles. The van der Waals surface area contributed by atoms with Crippen molar-refractivity contribution >= 4 is 23.4 Å². The molecule has 1 saturated carbocycles. The van der Waals surface area contributed by atoms with Gasteiger partial charge in [0.1, 0.15) is 23.6 Å². The maximum Gasteiger partial charge on any atom is 0.418 e. The molecule has 2 aromatic rings. The second-order valence-electron chi connectivity index (χ2n) is 7.57. The Morgan fingerprint density at radius 2 is 2.00 bits per heavy atom. The number of nitrogens with one attached hydrogen (secondary N) is 2. The van der Waals surface area contributed by atoms with Gasteiger partial charge in [0.25, 0.3) is 0 Å². The average molecular weight is 422 g/mol. The minimum Gasteiger partial charge on any atom is -0.489 e. The lowest BCUT2D eigenvalue weighted by Gasteiger charge is -2.36. The van der Waals surface area contributed by atoms with Gasteiger partial charge in [-0.1, -0.05) is 0 Å². The first-order chi connectivity index (χ1) is 14.1. The van der Waals surface area contributed by atoms with Gasteiger partial charge in [-0.3, -0.25) is 9.78 Å². The highest BCUT2D eigenvalue weighted by atomic mass is 19.4. The molecule has 2 N–H and O–H groups in total. The van der Waals surface area contributed by atoms with E-state index in [4.69, 9.17) is 4.74 Å². The Balaban J connectivity index is 1.38. The maximum absolute atomic E-state index is 12.8. The SMILES string of the molecule is Cc1nc(N[C@H]2C[C@H](Oc3cncc(C(F)(F)F)c3)C2)nc2c1NC(=O)[C@H](C)N2C. The number of aryl methyl sites for hydroxylation is 1. The summed E-state index contributed by atoms with van der Waals surface area (Å²) >= 11 is 0. The number of nitrogens with zero attached hydrogens (tertiary/aromatic N) is 4. The second-order valence-corrected chi connectivity index (χ2v) is 7.57. The summed E-state index contributed by atoms with van der Waals surface area (Å²) in [7, 11) is 1.80. The number of pyridine rings is 1. The zero-order valence-electron chi connectivity index (χ0n) is 16.6. The molecule has 2 aliphatic rings. The van der Waals surface area contributed by atoms with Crippen LogP contribution in [0.15, 0.2) is 18.5 Å². The number of likely N-dealkylation sites (N-methyl/N-ethyl adjacent to an activating group) is 1. The number of amides is 1. The molecular formula is C19H21F3N6O2. The Hall–Kier alpha value is -3.11. The van der Waals surface area contributed by atoms with Crippen molar-refractivity contribution in [1.82, 2.24) is 15.0 Å². The van der Waals surface area contributed by atoms with Crippen molar-refractivity contribution in [1.29, 1.82) is 0 Å². The summed E-state index contributed by atoms with van der Waals surface area (Å²) in [4.78, 5) is 26.3. The molecule has 0 unspecified atom stereocenters. The van der Waals surface area contributed by atoms with E-state index in [2.05, 4.69) is 25.6 Å². The van der Waals surface area contributed by atoms with Gasteiger partial charge in [0.05, 0.1) is 17.5 Å². The van der Waals surface area contributed by atoms with Gasteiger partial charge < -0.3 is 20.3 Å². The smallest absolute Gasteiger partial charge is 0.418 e. The van der Waals surface area contributed by atoms with Crippen LogP contribution in [0.1, 0.15) is 31.0 Å². The topological polar surface area (TPSA) is 92.3 Å². The summed E-state index contributed by atoms with van der Waals surface area (Å²) in [6, 6.07) is 0.643. The van der Waals surface area contributed by atoms with Gasteiger partial charge in [-0.25, -0.2) is 4.98 Å². The molecule has 160 valence electrons. The number of hydrogen-bond donors (Lipinski definition) is 2. The number of carbonyl (C=O) groups excluding carboxylic acids is 1. The molecule has 4 rings (SSSR count). The molecule has 0 bridgehead atoms. The fraction of sp³-hybridized carbons (Fsp3) is 0.474. The Kier molecular flexibility index (Phi) is 4.91. The molecule has 30 heavy (non-hydrogen) atoms. The summed E-state index contributed by atoms with van der Waals surface area (Å²) < 4.78 is 44.0. The Bertz CT molecular complexity index is 977. The summed E-state index contributed by atoms with van der Waals surface area (Å²) in [6.45, 7) is 3.59. The highest BCUT2D eigenvalue weighted by Crippen LogP contribution is 2.35. The molecule has 3 heterocycles. The number of anilines is 3. The molecule has 0 saturated heterocycles. The molecule has 11 heteroatoms. The third kappa shape index (κ3) is 3.83. The van der Waals surface area contributed by atoms with Gasteiger partial charge in [0.15, 0.2) is 5.82 Å². The van der Waals surface area contributed by atoms with Gasteiger partial charge in [-0.15, -0.1) is 0 Å². The predicted octanol–water partition coefficient (Wildman–Crippen LogP) is 3.00. The first kappa shape index (κ1) is 20.2. The first-order valence-corrected chi connectivity index (χ1v) is 9.49. The zero-order chi connectivity index (χ0) is 21.6. The van der Waals surface area contributed by atoms with E-state index in [1.807, 2.05) is 0 Å². The lowest BCUT2D eigenvalue weighted by Crippen LogP contribution is -2.45. The number of hydrogen-bond acceptors (Lipinski definition) is 7. The molecule has 0 radical (unpaired) electrons. The molecule has 0 spiro atoms. The Morgan fingerprint density at radius 1 is 1.27 bits per heavy atom. The van der Waals surface area contributed by atoms with Crippen LogP contribution in [0.3, 0.4) is 0 Å². The highest BCUT2D eigenvalue weighted by molar-refractivity contribution is 6.03. The molecule has 8 nitrogen and oxygen atoms in total. The predicted molar refractivity (Wildman–Crippen MR) is 104 cm³/mol. The molecule has 1 aliphatic carbocycles. The molecule has 1 amide bonds. The van der Waals surface area contributed by atoms with Crippen molar-refractivity contribution in [2.45, 2.75) is 51.1 Å². The van der Waals surface area contributed by atoms with Crippen LogP contribution in [-0.4, -0.2) is 46.1 Å². The third-order valence-electron chi connectivity index (χ3n) is 5.38. The van der Waals surface area contributed by atoms with Crippen LogP contribution < -0.4 is 20.3 Å². The molecule has 1 atom stereocenters. The van der Waals surface area contributed by atoms with E-state index >= 15 is 0 Å². The molecule has 0 aromatic carbocycles. The quantitative estimate of drug-likeness (QED) is 0.783. The van der Waals surface area contributed by atoms with Crippen LogP contribution >= 0.6 is 0 Å². The van der Waals surface area contributed by atoms with Crippen molar-refractivity contribution in [2.75, 3.05) is 22.6 Å². The number of aromatic nitrogens is 3. The van der Waals surface area contributed by atoms with E-state index in [0.29, 0.717) is 36.0 Å². The minimum atomic E-state index is -4.46. The van der Waals surface area contributed by atoms with E-state index in [1.54, 1.807) is 25.8 Å². The van der Waals surface area contributed by atoms with E-state index in [0.717, 1.165) is 12.3 Å². The number of fused-ring (bicyclic) bond motifs is 1. The summed E-state index contributed by atoms with van der Waals surface area (Å²) in [5, 5.41) is 6.06. The van der Waals surface area contributed by atoms with E-state index in [1.165, 1.54) is 6.20 Å². The highest BCUT2D eigenvalue weighted by Gasteiger charge is 2.35. The van der Waals surface area contributed by atoms with Crippen LogP contribution in [0.5, 0.6) is 5.75 Å². The Morgan fingerprint density at radius 3 is 2.70 bits per heavy atom. The largest absolute Gasteiger partial charge is 0.489 e. The van der Waals surface area contributed by atoms with Crippen molar-refractivity contribution < 1.29 is 22.7 Å². The fourth-order valence-corrected chi connectivity index (χ4v) is 3.40. The van der Waals surface area contributed by atoms with E-state index in [9.17, 15) is 18.0 Å². The molecule has 2 aromatic heterocycles. The number of carbonyl (C=O) groups is 1. The van der Waals surface area contributed by atoms with Gasteiger partial charge in [0.2, 0.25) is 11.9 Å². The maximum atomic E-state index is 12.8. The van der Waals surface area contributed by atoms with E-state index < -0.39 is 11.7 Å². The third-order valence-corrected chi connectivity index (χ3v) is 5.38.